The zero-order chi connectivity index (χ0) is 18.0. The van der Waals surface area contributed by atoms with E-state index in [9.17, 15) is 0 Å². The van der Waals surface area contributed by atoms with E-state index in [1.165, 1.54) is 12.0 Å². The van der Waals surface area contributed by atoms with Crippen LogP contribution in [0.2, 0.25) is 0 Å². The number of benzene rings is 1. The molecule has 0 amide bonds. The van der Waals surface area contributed by atoms with Crippen molar-refractivity contribution in [1.29, 1.82) is 0 Å². The summed E-state index contributed by atoms with van der Waals surface area (Å²) in [4.78, 5) is 8.82. The van der Waals surface area contributed by atoms with Crippen LogP contribution in [0.15, 0.2) is 47.1 Å². The van der Waals surface area contributed by atoms with Crippen LogP contribution in [0.5, 0.6) is 5.75 Å². The van der Waals surface area contributed by atoms with Crippen molar-refractivity contribution in [3.05, 3.63) is 54.0 Å². The van der Waals surface area contributed by atoms with Crippen LogP contribution in [-0.2, 0) is 5.41 Å². The minimum absolute atomic E-state index is 0.0617. The van der Waals surface area contributed by atoms with Crippen molar-refractivity contribution in [2.75, 3.05) is 19.0 Å². The van der Waals surface area contributed by atoms with E-state index >= 15 is 0 Å². The molecule has 6 heteroatoms. The second kappa shape index (κ2) is 6.78. The summed E-state index contributed by atoms with van der Waals surface area (Å²) in [5.41, 5.74) is 2.14. The number of pyridine rings is 1. The summed E-state index contributed by atoms with van der Waals surface area (Å²) in [7, 11) is 1.73. The Labute approximate surface area is 152 Å². The molecule has 0 atom stereocenters. The summed E-state index contributed by atoms with van der Waals surface area (Å²) in [6.45, 7) is 2.59. The lowest BCUT2D eigenvalue weighted by molar-refractivity contribution is 0.250. The number of ether oxygens (including phenoxy) is 1. The van der Waals surface area contributed by atoms with E-state index in [0.717, 1.165) is 36.5 Å². The molecular weight excluding hydrogens is 328 g/mol. The van der Waals surface area contributed by atoms with Gasteiger partial charge in [0.15, 0.2) is 5.82 Å². The Hall–Kier alpha value is -2.89. The molecule has 1 saturated carbocycles. The van der Waals surface area contributed by atoms with Gasteiger partial charge in [0.25, 0.3) is 5.89 Å². The third kappa shape index (κ3) is 2.92. The van der Waals surface area contributed by atoms with Gasteiger partial charge in [0.1, 0.15) is 11.6 Å². The van der Waals surface area contributed by atoms with Gasteiger partial charge in [-0.3, -0.25) is 0 Å². The van der Waals surface area contributed by atoms with Crippen molar-refractivity contribution >= 4 is 5.82 Å². The summed E-state index contributed by atoms with van der Waals surface area (Å²) in [6, 6.07) is 12.1. The highest BCUT2D eigenvalue weighted by Crippen LogP contribution is 2.47. The van der Waals surface area contributed by atoms with E-state index in [4.69, 9.17) is 9.26 Å². The lowest BCUT2D eigenvalue weighted by atomic mass is 9.64. The fraction of sp³-hybridized carbons (Fsp3) is 0.350. The summed E-state index contributed by atoms with van der Waals surface area (Å²) < 4.78 is 10.9. The standard InChI is InChI=1S/C20H22N4O2/c1-14-23-19(26-24-14)15-7-5-12-21-18(15)22-13-20(10-6-11-20)16-8-3-4-9-17(16)25-2/h3-5,7-9,12H,6,10-11,13H2,1-2H3,(H,21,22). The van der Waals surface area contributed by atoms with Gasteiger partial charge in [0, 0.05) is 23.7 Å². The molecule has 0 radical (unpaired) electrons. The van der Waals surface area contributed by atoms with Crippen molar-refractivity contribution in [2.45, 2.75) is 31.6 Å². The predicted octanol–water partition coefficient (Wildman–Crippen LogP) is 3.98. The molecule has 1 aromatic carbocycles. The normalized spacial score (nSPS) is 15.3. The highest BCUT2D eigenvalue weighted by Gasteiger charge is 2.40. The smallest absolute Gasteiger partial charge is 0.261 e. The molecule has 2 heterocycles. The first-order valence-electron chi connectivity index (χ1n) is 8.85. The van der Waals surface area contributed by atoms with Crippen LogP contribution >= 0.6 is 0 Å². The van der Waals surface area contributed by atoms with E-state index in [2.05, 4.69) is 32.6 Å². The van der Waals surface area contributed by atoms with Gasteiger partial charge in [-0.1, -0.05) is 29.8 Å². The Morgan fingerprint density at radius 3 is 2.73 bits per heavy atom. The van der Waals surface area contributed by atoms with E-state index in [1.807, 2.05) is 31.2 Å². The van der Waals surface area contributed by atoms with E-state index in [-0.39, 0.29) is 5.41 Å². The first-order valence-corrected chi connectivity index (χ1v) is 8.85. The number of hydrogen-bond acceptors (Lipinski definition) is 6. The lowest BCUT2D eigenvalue weighted by Gasteiger charge is -2.43. The first kappa shape index (κ1) is 16.6. The minimum atomic E-state index is 0.0617. The van der Waals surface area contributed by atoms with Crippen LogP contribution in [-0.4, -0.2) is 28.8 Å². The van der Waals surface area contributed by atoms with Crippen LogP contribution in [0.4, 0.5) is 5.82 Å². The van der Waals surface area contributed by atoms with Gasteiger partial charge in [-0.15, -0.1) is 0 Å². The highest BCUT2D eigenvalue weighted by atomic mass is 16.5. The highest BCUT2D eigenvalue weighted by molar-refractivity contribution is 5.68. The van der Waals surface area contributed by atoms with Crippen molar-refractivity contribution in [3.8, 4) is 17.2 Å². The zero-order valence-electron chi connectivity index (χ0n) is 15.0. The molecule has 0 unspecified atom stereocenters. The van der Waals surface area contributed by atoms with Crippen molar-refractivity contribution in [2.24, 2.45) is 0 Å². The summed E-state index contributed by atoms with van der Waals surface area (Å²) >= 11 is 0. The maximum Gasteiger partial charge on any atom is 0.261 e. The Kier molecular flexibility index (Phi) is 4.32. The Bertz CT molecular complexity index is 902. The first-order chi connectivity index (χ1) is 12.7. The number of para-hydroxylation sites is 1. The molecule has 1 fully saturated rings. The molecule has 2 aromatic heterocycles. The number of hydrogen-bond donors (Lipinski definition) is 1. The van der Waals surface area contributed by atoms with Gasteiger partial charge in [-0.25, -0.2) is 4.98 Å². The number of methoxy groups -OCH3 is 1. The van der Waals surface area contributed by atoms with Crippen LogP contribution in [0, 0.1) is 6.92 Å². The fourth-order valence-electron chi connectivity index (χ4n) is 3.61. The van der Waals surface area contributed by atoms with Gasteiger partial charge in [0.05, 0.1) is 12.7 Å². The molecule has 0 bridgehead atoms. The van der Waals surface area contributed by atoms with Gasteiger partial charge in [-0.05, 0) is 38.0 Å². The maximum atomic E-state index is 5.60. The third-order valence-corrected chi connectivity index (χ3v) is 5.15. The predicted molar refractivity (Wildman–Crippen MR) is 99.3 cm³/mol. The monoisotopic (exact) mass is 350 g/mol. The fourth-order valence-corrected chi connectivity index (χ4v) is 3.61. The Morgan fingerprint density at radius 2 is 2.04 bits per heavy atom. The van der Waals surface area contributed by atoms with Crippen molar-refractivity contribution < 1.29 is 9.26 Å². The second-order valence-electron chi connectivity index (χ2n) is 6.73. The summed E-state index contributed by atoms with van der Waals surface area (Å²) in [6.07, 6.45) is 5.24. The minimum Gasteiger partial charge on any atom is -0.496 e. The van der Waals surface area contributed by atoms with Crippen LogP contribution in [0.1, 0.15) is 30.7 Å². The van der Waals surface area contributed by atoms with Gasteiger partial charge in [-0.2, -0.15) is 4.98 Å². The number of anilines is 1. The molecule has 134 valence electrons. The molecule has 0 aliphatic heterocycles. The molecule has 0 saturated heterocycles. The Balaban J connectivity index is 1.61. The van der Waals surface area contributed by atoms with E-state index in [0.29, 0.717) is 11.7 Å². The van der Waals surface area contributed by atoms with Crippen LogP contribution < -0.4 is 10.1 Å². The molecule has 3 aromatic rings. The molecular formula is C20H22N4O2. The molecule has 1 aliphatic carbocycles. The molecule has 6 nitrogen and oxygen atoms in total. The Morgan fingerprint density at radius 1 is 1.19 bits per heavy atom. The summed E-state index contributed by atoms with van der Waals surface area (Å²) in [5, 5.41) is 7.40. The number of rotatable bonds is 6. The molecule has 1 N–H and O–H groups in total. The number of aryl methyl sites for hydroxylation is 1. The maximum absolute atomic E-state index is 5.60. The largest absolute Gasteiger partial charge is 0.496 e. The number of nitrogens with zero attached hydrogens (tertiary/aromatic N) is 3. The van der Waals surface area contributed by atoms with E-state index in [1.54, 1.807) is 13.3 Å². The average Bonchev–Trinajstić information content (AvgIpc) is 3.08. The van der Waals surface area contributed by atoms with Crippen LogP contribution in [0.3, 0.4) is 0 Å². The second-order valence-corrected chi connectivity index (χ2v) is 6.73. The van der Waals surface area contributed by atoms with Gasteiger partial charge >= 0.3 is 0 Å². The van der Waals surface area contributed by atoms with Crippen molar-refractivity contribution in [1.82, 2.24) is 15.1 Å². The van der Waals surface area contributed by atoms with Crippen LogP contribution in [0.25, 0.3) is 11.5 Å². The SMILES string of the molecule is COc1ccccc1C1(CNc2ncccc2-c2nc(C)no2)CCC1. The van der Waals surface area contributed by atoms with E-state index < -0.39 is 0 Å². The molecule has 0 spiro atoms. The molecule has 26 heavy (non-hydrogen) atoms. The van der Waals surface area contributed by atoms with Crippen molar-refractivity contribution in [3.63, 3.8) is 0 Å². The summed E-state index contributed by atoms with van der Waals surface area (Å²) in [5.74, 6) is 2.80. The van der Waals surface area contributed by atoms with Gasteiger partial charge in [0.2, 0.25) is 0 Å². The third-order valence-electron chi connectivity index (χ3n) is 5.15. The average molecular weight is 350 g/mol. The van der Waals surface area contributed by atoms with Gasteiger partial charge < -0.3 is 14.6 Å². The lowest BCUT2D eigenvalue weighted by Crippen LogP contribution is -2.41. The zero-order valence-corrected chi connectivity index (χ0v) is 15.0. The molecule has 4 rings (SSSR count). The molecule has 1 aliphatic rings. The topological polar surface area (TPSA) is 73.1 Å². The quantitative estimate of drug-likeness (QED) is 0.725. The number of nitrogens with one attached hydrogen (secondary N) is 1. The number of aromatic nitrogens is 3.